The van der Waals surface area contributed by atoms with Crippen molar-refractivity contribution in [3.63, 3.8) is 0 Å². The number of nitriles is 1. The van der Waals surface area contributed by atoms with Gasteiger partial charge in [-0.3, -0.25) is 9.89 Å². The normalized spacial score (nSPS) is 11.0. The highest BCUT2D eigenvalue weighted by molar-refractivity contribution is 5.80. The highest BCUT2D eigenvalue weighted by Crippen LogP contribution is 2.29. The monoisotopic (exact) mass is 390 g/mol. The third-order valence-electron chi connectivity index (χ3n) is 4.80. The number of aromatic nitrogens is 3. The fourth-order valence-corrected chi connectivity index (χ4v) is 3.36. The number of halogens is 2. The molecule has 144 valence electrons. The molecule has 0 spiro atoms. The minimum Gasteiger partial charge on any atom is -0.293 e. The molecule has 2 aromatic carbocycles. The van der Waals surface area contributed by atoms with Crippen LogP contribution in [-0.4, -0.2) is 14.6 Å². The number of aryl methyl sites for hydroxylation is 3. The average Bonchev–Trinajstić information content (AvgIpc) is 3.03. The van der Waals surface area contributed by atoms with E-state index in [9.17, 15) is 13.6 Å². The maximum Gasteiger partial charge on any atom is 0.272 e. The van der Waals surface area contributed by atoms with Crippen molar-refractivity contribution in [2.75, 3.05) is 0 Å². The zero-order chi connectivity index (χ0) is 20.5. The molecule has 0 aliphatic heterocycles. The lowest BCUT2D eigenvalue weighted by atomic mass is 10.0. The van der Waals surface area contributed by atoms with Gasteiger partial charge in [0.1, 0.15) is 11.6 Å². The van der Waals surface area contributed by atoms with Crippen LogP contribution in [0, 0.1) is 29.9 Å². The molecule has 0 radical (unpaired) electrons. The van der Waals surface area contributed by atoms with Crippen LogP contribution < -0.4 is 5.56 Å². The Hall–Kier alpha value is -3.79. The van der Waals surface area contributed by atoms with Crippen LogP contribution in [0.15, 0.2) is 53.3 Å². The minimum absolute atomic E-state index is 0.179. The van der Waals surface area contributed by atoms with Crippen molar-refractivity contribution in [1.29, 1.82) is 5.26 Å². The third-order valence-corrected chi connectivity index (χ3v) is 4.80. The van der Waals surface area contributed by atoms with Crippen LogP contribution >= 0.6 is 0 Å². The van der Waals surface area contributed by atoms with E-state index >= 15 is 0 Å². The minimum atomic E-state index is -0.716. The summed E-state index contributed by atoms with van der Waals surface area (Å²) in [5.41, 5.74) is 3.34. The fourth-order valence-electron chi connectivity index (χ4n) is 3.36. The van der Waals surface area contributed by atoms with Gasteiger partial charge in [-0.15, -0.1) is 0 Å². The lowest BCUT2D eigenvalue weighted by molar-refractivity contribution is 0.585. The van der Waals surface area contributed by atoms with E-state index < -0.39 is 11.6 Å². The summed E-state index contributed by atoms with van der Waals surface area (Å²) in [4.78, 5) is 17.1. The Labute approximate surface area is 164 Å². The molecule has 0 fully saturated rings. The van der Waals surface area contributed by atoms with E-state index in [4.69, 9.17) is 5.26 Å². The molecule has 2 heterocycles. The van der Waals surface area contributed by atoms with E-state index in [1.807, 2.05) is 12.1 Å². The molecular weight excluding hydrogens is 374 g/mol. The lowest BCUT2D eigenvalue weighted by Gasteiger charge is -2.05. The number of H-pyrrole nitrogens is 1. The number of hydrogen-bond donors (Lipinski definition) is 1. The number of nitrogens with one attached hydrogen (secondary N) is 1. The van der Waals surface area contributed by atoms with E-state index in [1.165, 1.54) is 22.7 Å². The van der Waals surface area contributed by atoms with Gasteiger partial charge in [0, 0.05) is 34.6 Å². The predicted molar refractivity (Wildman–Crippen MR) is 104 cm³/mol. The van der Waals surface area contributed by atoms with E-state index in [0.29, 0.717) is 41.0 Å². The highest BCUT2D eigenvalue weighted by atomic mass is 19.1. The first kappa shape index (κ1) is 18.6. The second kappa shape index (κ2) is 7.32. The smallest absolute Gasteiger partial charge is 0.272 e. The summed E-state index contributed by atoms with van der Waals surface area (Å²) in [6.07, 6.45) is 1.14. The summed E-state index contributed by atoms with van der Waals surface area (Å²) in [7, 11) is 0. The molecule has 0 unspecified atom stereocenters. The molecule has 0 saturated heterocycles. The Bertz CT molecular complexity index is 1310. The van der Waals surface area contributed by atoms with Crippen LogP contribution in [0.5, 0.6) is 0 Å². The number of aromatic amines is 1. The average molecular weight is 390 g/mol. The SMILES string of the molecule is Cc1[nH]n2c(=O)cc(CCc3ccc(C#N)cc3)nc2c1-c1ccc(F)cc1F. The van der Waals surface area contributed by atoms with Gasteiger partial charge in [-0.1, -0.05) is 12.1 Å². The first-order valence-electron chi connectivity index (χ1n) is 9.02. The molecule has 7 heteroatoms. The molecule has 29 heavy (non-hydrogen) atoms. The van der Waals surface area contributed by atoms with Crippen LogP contribution in [0.2, 0.25) is 0 Å². The number of fused-ring (bicyclic) bond motifs is 1. The molecule has 0 amide bonds. The van der Waals surface area contributed by atoms with Gasteiger partial charge in [0.2, 0.25) is 0 Å². The third kappa shape index (κ3) is 3.52. The van der Waals surface area contributed by atoms with Crippen LogP contribution in [0.1, 0.15) is 22.5 Å². The zero-order valence-electron chi connectivity index (χ0n) is 15.5. The fraction of sp³-hybridized carbons (Fsp3) is 0.136. The zero-order valence-corrected chi connectivity index (χ0v) is 15.5. The molecule has 4 rings (SSSR count). The van der Waals surface area contributed by atoms with Crippen molar-refractivity contribution in [2.24, 2.45) is 0 Å². The quantitative estimate of drug-likeness (QED) is 0.574. The van der Waals surface area contributed by atoms with Gasteiger partial charge in [-0.25, -0.2) is 18.3 Å². The molecule has 5 nitrogen and oxygen atoms in total. The molecular formula is C22H16F2N4O. The standard InChI is InChI=1S/C22H16F2N4O/c1-13-21(18-9-7-16(23)10-19(18)24)22-26-17(11-20(29)28(22)27-13)8-6-14-2-4-15(12-25)5-3-14/h2-5,7,9-11,27H,6,8H2,1H3. The van der Waals surface area contributed by atoms with Crippen LogP contribution in [0.25, 0.3) is 16.8 Å². The number of hydrogen-bond acceptors (Lipinski definition) is 3. The number of nitrogens with zero attached hydrogens (tertiary/aromatic N) is 3. The van der Waals surface area contributed by atoms with Gasteiger partial charge in [-0.2, -0.15) is 5.26 Å². The van der Waals surface area contributed by atoms with Crippen molar-refractivity contribution in [3.05, 3.63) is 93.0 Å². The summed E-state index contributed by atoms with van der Waals surface area (Å²) >= 11 is 0. The Balaban J connectivity index is 1.73. The summed E-state index contributed by atoms with van der Waals surface area (Å²) < 4.78 is 28.9. The number of benzene rings is 2. The number of rotatable bonds is 4. The Morgan fingerprint density at radius 3 is 2.55 bits per heavy atom. The molecule has 0 saturated carbocycles. The van der Waals surface area contributed by atoms with Crippen molar-refractivity contribution < 1.29 is 8.78 Å². The second-order valence-corrected chi connectivity index (χ2v) is 6.79. The van der Waals surface area contributed by atoms with Crippen LogP contribution in [0.4, 0.5) is 8.78 Å². The molecule has 2 aromatic heterocycles. The van der Waals surface area contributed by atoms with Gasteiger partial charge >= 0.3 is 0 Å². The topological polar surface area (TPSA) is 73.9 Å². The second-order valence-electron chi connectivity index (χ2n) is 6.79. The maximum atomic E-state index is 14.4. The maximum absolute atomic E-state index is 14.4. The van der Waals surface area contributed by atoms with Crippen molar-refractivity contribution in [3.8, 4) is 17.2 Å². The molecule has 0 atom stereocenters. The summed E-state index contributed by atoms with van der Waals surface area (Å²) in [5, 5.41) is 11.8. The molecule has 0 bridgehead atoms. The van der Waals surface area contributed by atoms with Crippen molar-refractivity contribution >= 4 is 5.65 Å². The predicted octanol–water partition coefficient (Wildman–Crippen LogP) is 3.93. The Morgan fingerprint density at radius 2 is 1.86 bits per heavy atom. The van der Waals surface area contributed by atoms with E-state index in [2.05, 4.69) is 16.2 Å². The first-order valence-corrected chi connectivity index (χ1v) is 9.02. The highest BCUT2D eigenvalue weighted by Gasteiger charge is 2.18. The lowest BCUT2D eigenvalue weighted by Crippen LogP contribution is -2.16. The largest absolute Gasteiger partial charge is 0.293 e. The Kier molecular flexibility index (Phi) is 4.69. The van der Waals surface area contributed by atoms with Crippen molar-refractivity contribution in [1.82, 2.24) is 14.6 Å². The van der Waals surface area contributed by atoms with Crippen LogP contribution in [-0.2, 0) is 12.8 Å². The van der Waals surface area contributed by atoms with Gasteiger partial charge in [0.05, 0.1) is 11.6 Å². The molecule has 4 aromatic rings. The van der Waals surface area contributed by atoms with Gasteiger partial charge in [0.25, 0.3) is 5.56 Å². The van der Waals surface area contributed by atoms with Gasteiger partial charge in [-0.05, 0) is 49.6 Å². The van der Waals surface area contributed by atoms with Crippen molar-refractivity contribution in [2.45, 2.75) is 19.8 Å². The molecule has 0 aliphatic rings. The molecule has 0 aliphatic carbocycles. The van der Waals surface area contributed by atoms with Gasteiger partial charge in [0.15, 0.2) is 5.65 Å². The van der Waals surface area contributed by atoms with E-state index in [1.54, 1.807) is 19.1 Å². The molecule has 1 N–H and O–H groups in total. The Morgan fingerprint density at radius 1 is 1.10 bits per heavy atom. The van der Waals surface area contributed by atoms with Gasteiger partial charge < -0.3 is 0 Å². The summed E-state index contributed by atoms with van der Waals surface area (Å²) in [6.45, 7) is 1.71. The van der Waals surface area contributed by atoms with E-state index in [0.717, 1.165) is 11.6 Å². The van der Waals surface area contributed by atoms with Crippen LogP contribution in [0.3, 0.4) is 0 Å². The summed E-state index contributed by atoms with van der Waals surface area (Å²) in [6, 6.07) is 14.1. The first-order chi connectivity index (χ1) is 14.0. The summed E-state index contributed by atoms with van der Waals surface area (Å²) in [5.74, 6) is -1.39. The van der Waals surface area contributed by atoms with E-state index in [-0.39, 0.29) is 11.1 Å².